The van der Waals surface area contributed by atoms with Gasteiger partial charge < -0.3 is 37.7 Å². The minimum Gasteiger partial charge on any atom is -0.508 e. The number of rotatable bonds is 9. The molecule has 3 aliphatic carbocycles. The predicted octanol–water partition coefficient (Wildman–Crippen LogP) is 9.31. The minimum absolute atomic E-state index is 0.0271. The van der Waals surface area contributed by atoms with E-state index in [1.807, 2.05) is 32.2 Å². The Hall–Kier alpha value is -3.76. The standard InChI is InChI=1S/C43H55BrN2O11Si/c1-11-12-17-53-39-31-36(56-45-39)32(46-15-18-52-19-16-46)28-21-23-20-27-30(33(47)29(23)37(48)43(28,38(31)49)57-58(9,10)42(5,6)7)35(54-40(50)55-41(2,3)4)26-22-24(44)13-14-25(26)34(27)51-8/h13-14,22-23,28,32,48H,11-12,15-21H2,1-10H3/t23-,28-,32-,43-/m0/s1. The number of methoxy groups -OCH3 is 1. The van der Waals surface area contributed by atoms with Crippen molar-refractivity contribution in [2.24, 2.45) is 11.8 Å². The predicted molar refractivity (Wildman–Crippen MR) is 222 cm³/mol. The molecule has 1 aliphatic heterocycles. The molecule has 2 heterocycles. The first-order chi connectivity index (χ1) is 27.3. The van der Waals surface area contributed by atoms with Crippen molar-refractivity contribution in [1.82, 2.24) is 10.1 Å². The number of unbranched alkanes of at least 4 members (excludes halogenated alkanes) is 1. The van der Waals surface area contributed by atoms with E-state index >= 15 is 9.59 Å². The molecule has 2 aromatic carbocycles. The van der Waals surface area contributed by atoms with Gasteiger partial charge in [0.15, 0.2) is 31.2 Å². The van der Waals surface area contributed by atoms with Crippen molar-refractivity contribution in [2.45, 2.75) is 110 Å². The van der Waals surface area contributed by atoms with E-state index in [1.165, 1.54) is 7.11 Å². The lowest BCUT2D eigenvalue weighted by Crippen LogP contribution is -2.65. The summed E-state index contributed by atoms with van der Waals surface area (Å²) in [6.07, 6.45) is 1.08. The number of carbonyl (C=O) groups excluding carboxylic acids is 3. The molecule has 4 atom stereocenters. The van der Waals surface area contributed by atoms with E-state index in [2.05, 4.69) is 46.8 Å². The van der Waals surface area contributed by atoms with Crippen molar-refractivity contribution in [3.8, 4) is 17.4 Å². The van der Waals surface area contributed by atoms with Crippen LogP contribution in [0.4, 0.5) is 4.79 Å². The number of carbonyl (C=O) groups is 3. The lowest BCUT2D eigenvalue weighted by atomic mass is 9.58. The SMILES string of the molecule is CCCCOc1noc2c1C(=O)[C@@]1(O[Si](C)(C)C(C)(C)C)C(O)=C3C(=O)c4c(c(OC)c5ccc(Br)cc5c4OC(=O)OC(C)(C)C)C[C@H]3C[C@H]1[C@@H]2N1CCOCC1. The van der Waals surface area contributed by atoms with Crippen LogP contribution in [0, 0.1) is 11.8 Å². The number of aliphatic hydroxyl groups is 1. The molecule has 0 radical (unpaired) electrons. The molecule has 0 saturated carbocycles. The molecule has 0 amide bonds. The summed E-state index contributed by atoms with van der Waals surface area (Å²) in [7, 11) is -1.42. The maximum Gasteiger partial charge on any atom is 0.514 e. The summed E-state index contributed by atoms with van der Waals surface area (Å²) in [6, 6.07) is 4.85. The number of allylic oxidation sites excluding steroid dienone is 1. The number of benzene rings is 2. The second-order valence-corrected chi connectivity index (χ2v) is 23.9. The highest BCUT2D eigenvalue weighted by molar-refractivity contribution is 9.10. The Labute approximate surface area is 348 Å². The van der Waals surface area contributed by atoms with Crippen LogP contribution in [-0.2, 0) is 20.3 Å². The largest absolute Gasteiger partial charge is 0.514 e. The number of ketones is 2. The van der Waals surface area contributed by atoms with Gasteiger partial charge in [0.25, 0.3) is 5.88 Å². The number of hydrogen-bond acceptors (Lipinski definition) is 13. The van der Waals surface area contributed by atoms with Crippen LogP contribution < -0.4 is 14.2 Å². The smallest absolute Gasteiger partial charge is 0.508 e. The fourth-order valence-corrected chi connectivity index (χ4v) is 10.5. The highest BCUT2D eigenvalue weighted by Gasteiger charge is 2.68. The van der Waals surface area contributed by atoms with Gasteiger partial charge >= 0.3 is 6.16 Å². The molecule has 314 valence electrons. The number of nitrogens with zero attached hydrogens (tertiary/aromatic N) is 2. The van der Waals surface area contributed by atoms with Crippen molar-refractivity contribution in [3.63, 3.8) is 0 Å². The van der Waals surface area contributed by atoms with E-state index in [1.54, 1.807) is 26.8 Å². The van der Waals surface area contributed by atoms with E-state index < -0.39 is 65.9 Å². The first-order valence-electron chi connectivity index (χ1n) is 20.2. The summed E-state index contributed by atoms with van der Waals surface area (Å²) in [6.45, 7) is 19.7. The number of ether oxygens (including phenoxy) is 5. The molecule has 4 aliphatic rings. The van der Waals surface area contributed by atoms with Crippen LogP contribution in [0.2, 0.25) is 18.1 Å². The molecular formula is C43H55BrN2O11Si. The Morgan fingerprint density at radius 1 is 1.07 bits per heavy atom. The summed E-state index contributed by atoms with van der Waals surface area (Å²) in [5.74, 6) is -2.06. The van der Waals surface area contributed by atoms with E-state index in [4.69, 9.17) is 32.6 Å². The van der Waals surface area contributed by atoms with Crippen LogP contribution in [0.3, 0.4) is 0 Å². The number of morpholine rings is 1. The Kier molecular flexibility index (Phi) is 11.2. The van der Waals surface area contributed by atoms with Crippen molar-refractivity contribution in [3.05, 3.63) is 56.5 Å². The van der Waals surface area contributed by atoms with Crippen molar-refractivity contribution in [2.75, 3.05) is 40.0 Å². The highest BCUT2D eigenvalue weighted by atomic mass is 79.9. The summed E-state index contributed by atoms with van der Waals surface area (Å²) < 4.78 is 43.7. The maximum atomic E-state index is 15.7. The molecule has 1 N–H and O–H groups in total. The second kappa shape index (κ2) is 15.4. The van der Waals surface area contributed by atoms with Gasteiger partial charge in [-0.3, -0.25) is 14.5 Å². The van der Waals surface area contributed by atoms with Gasteiger partial charge in [-0.05, 0) is 87.4 Å². The van der Waals surface area contributed by atoms with Crippen LogP contribution in [-0.4, -0.2) is 92.4 Å². The monoisotopic (exact) mass is 882 g/mol. The molecule has 3 aromatic rings. The topological polar surface area (TPSA) is 156 Å². The van der Waals surface area contributed by atoms with E-state index in [0.717, 1.165) is 12.8 Å². The van der Waals surface area contributed by atoms with Crippen LogP contribution >= 0.6 is 15.9 Å². The quantitative estimate of drug-likeness (QED) is 0.0940. The van der Waals surface area contributed by atoms with Crippen molar-refractivity contribution < 1.29 is 52.1 Å². The number of fused-ring (bicyclic) bond motifs is 5. The molecule has 0 bridgehead atoms. The van der Waals surface area contributed by atoms with E-state index in [-0.39, 0.29) is 41.2 Å². The van der Waals surface area contributed by atoms with Crippen LogP contribution in [0.25, 0.3) is 10.8 Å². The zero-order valence-electron chi connectivity index (χ0n) is 35.1. The summed E-state index contributed by atoms with van der Waals surface area (Å²) >= 11 is 3.54. The van der Waals surface area contributed by atoms with Gasteiger partial charge in [0, 0.05) is 45.4 Å². The van der Waals surface area contributed by atoms with Crippen LogP contribution in [0.5, 0.6) is 17.4 Å². The van der Waals surface area contributed by atoms with Gasteiger partial charge in [-0.1, -0.05) is 50.0 Å². The number of Topliss-reactive ketones (excluding diaryl/α,β-unsaturated/α-hetero) is 2. The normalized spacial score (nSPS) is 23.9. The molecule has 7 rings (SSSR count). The zero-order valence-corrected chi connectivity index (χ0v) is 37.7. The third kappa shape index (κ3) is 7.07. The third-order valence-electron chi connectivity index (χ3n) is 12.4. The number of aromatic nitrogens is 1. The van der Waals surface area contributed by atoms with Gasteiger partial charge in [0.1, 0.15) is 22.7 Å². The number of hydrogen-bond donors (Lipinski definition) is 1. The molecule has 1 aromatic heterocycles. The molecular weight excluding hydrogens is 828 g/mol. The van der Waals surface area contributed by atoms with E-state index in [9.17, 15) is 9.90 Å². The molecule has 1 fully saturated rings. The second-order valence-electron chi connectivity index (χ2n) is 18.3. The average molecular weight is 884 g/mol. The lowest BCUT2D eigenvalue weighted by Gasteiger charge is -2.56. The van der Waals surface area contributed by atoms with Crippen molar-refractivity contribution in [1.29, 1.82) is 0 Å². The Morgan fingerprint density at radius 3 is 2.41 bits per heavy atom. The molecule has 15 heteroatoms. The van der Waals surface area contributed by atoms with E-state index in [0.29, 0.717) is 65.2 Å². The highest BCUT2D eigenvalue weighted by Crippen LogP contribution is 2.61. The summed E-state index contributed by atoms with van der Waals surface area (Å²) in [5, 5.41) is 18.1. The molecule has 13 nitrogen and oxygen atoms in total. The molecule has 0 unspecified atom stereocenters. The van der Waals surface area contributed by atoms with Gasteiger partial charge in [0.2, 0.25) is 5.78 Å². The Balaban J connectivity index is 1.51. The van der Waals surface area contributed by atoms with Gasteiger partial charge in [-0.2, -0.15) is 0 Å². The summed E-state index contributed by atoms with van der Waals surface area (Å²) in [5.41, 5.74) is -2.17. The molecule has 1 saturated heterocycles. The van der Waals surface area contributed by atoms with Gasteiger partial charge in [-0.25, -0.2) is 4.79 Å². The van der Waals surface area contributed by atoms with Crippen molar-refractivity contribution >= 4 is 52.7 Å². The molecule has 58 heavy (non-hydrogen) atoms. The van der Waals surface area contributed by atoms with Gasteiger partial charge in [0.05, 0.1) is 38.5 Å². The zero-order chi connectivity index (χ0) is 42.1. The summed E-state index contributed by atoms with van der Waals surface area (Å²) in [4.78, 5) is 46.8. The lowest BCUT2D eigenvalue weighted by molar-refractivity contribution is -0.0749. The first-order valence-corrected chi connectivity index (χ1v) is 23.9. The fourth-order valence-electron chi connectivity index (χ4n) is 8.70. The van der Waals surface area contributed by atoms with Crippen LogP contribution in [0.1, 0.15) is 106 Å². The maximum absolute atomic E-state index is 15.7. The minimum atomic E-state index is -2.96. The fraction of sp³-hybridized carbons (Fsp3) is 0.581. The Morgan fingerprint density at radius 2 is 1.78 bits per heavy atom. The number of halogens is 1. The third-order valence-corrected chi connectivity index (χ3v) is 17.3. The average Bonchev–Trinajstić information content (AvgIpc) is 3.55. The first kappa shape index (κ1) is 42.4. The van der Waals surface area contributed by atoms with Crippen LogP contribution in [0.15, 0.2) is 38.5 Å². The Bertz CT molecular complexity index is 2180. The molecule has 0 spiro atoms. The number of aliphatic hydroxyl groups excluding tert-OH is 1. The van der Waals surface area contributed by atoms with Gasteiger partial charge in [-0.15, -0.1) is 0 Å².